The molecule has 0 saturated carbocycles. The van der Waals surface area contributed by atoms with E-state index in [0.717, 1.165) is 0 Å². The fourth-order valence-corrected chi connectivity index (χ4v) is 0.774. The molecule has 0 atom stereocenters. The summed E-state index contributed by atoms with van der Waals surface area (Å²) < 4.78 is 28.8. The van der Waals surface area contributed by atoms with Crippen molar-refractivity contribution < 1.29 is 13.0 Å². The smallest absolute Gasteiger partial charge is 0.264 e. The standard InChI is InChI=1S/C3H8O3S.CH2S2/c1-2-3-7(4,5)6;2-1-3/h2-3H2,1H3,(H,4,5,6);1H,(H,2,3). The highest BCUT2D eigenvalue weighted by atomic mass is 32.2. The van der Waals surface area contributed by atoms with E-state index in [0.29, 0.717) is 6.42 Å². The Hall–Kier alpha value is 0.350. The van der Waals surface area contributed by atoms with Crippen molar-refractivity contribution >= 4 is 39.7 Å². The highest BCUT2D eigenvalue weighted by molar-refractivity contribution is 8.08. The first kappa shape index (κ1) is 13.0. The normalized spacial score (nSPS) is 9.50. The summed E-state index contributed by atoms with van der Waals surface area (Å²) in [4.78, 5) is 0. The van der Waals surface area contributed by atoms with Gasteiger partial charge in [0.1, 0.15) is 0 Å². The van der Waals surface area contributed by atoms with Gasteiger partial charge in [0.05, 0.1) is 5.75 Å². The summed E-state index contributed by atoms with van der Waals surface area (Å²) in [6, 6.07) is 0. The SMILES string of the molecule is CCCS(=O)(=O)O.S=CS. The zero-order chi connectivity index (χ0) is 8.62. The van der Waals surface area contributed by atoms with Crippen molar-refractivity contribution in [3.05, 3.63) is 0 Å². The molecule has 0 amide bonds. The lowest BCUT2D eigenvalue weighted by Crippen LogP contribution is -2.01. The Morgan fingerprint density at radius 3 is 2.00 bits per heavy atom. The number of thiol groups is 1. The summed E-state index contributed by atoms with van der Waals surface area (Å²) in [6.45, 7) is 1.69. The van der Waals surface area contributed by atoms with E-state index in [1.807, 2.05) is 0 Å². The van der Waals surface area contributed by atoms with E-state index in [9.17, 15) is 8.42 Å². The number of hydrogen-bond acceptors (Lipinski definition) is 3. The maximum absolute atomic E-state index is 9.79. The van der Waals surface area contributed by atoms with Crippen LogP contribution < -0.4 is 0 Å². The third-order valence-corrected chi connectivity index (χ3v) is 1.39. The van der Waals surface area contributed by atoms with E-state index in [1.165, 1.54) is 4.70 Å². The molecule has 0 aromatic rings. The van der Waals surface area contributed by atoms with E-state index in [4.69, 9.17) is 4.55 Å². The maximum atomic E-state index is 9.79. The Balaban J connectivity index is 0. The van der Waals surface area contributed by atoms with Crippen LogP contribution in [-0.4, -0.2) is 23.4 Å². The second-order valence-electron chi connectivity index (χ2n) is 1.39. The van der Waals surface area contributed by atoms with Gasteiger partial charge in [0.15, 0.2) is 0 Å². The predicted molar refractivity (Wildman–Crippen MR) is 49.3 cm³/mol. The van der Waals surface area contributed by atoms with Crippen molar-refractivity contribution in [2.75, 3.05) is 5.75 Å². The van der Waals surface area contributed by atoms with Crippen LogP contribution in [0.25, 0.3) is 0 Å². The van der Waals surface area contributed by atoms with Crippen molar-refractivity contribution in [2.24, 2.45) is 0 Å². The molecule has 0 aliphatic carbocycles. The van der Waals surface area contributed by atoms with Crippen LogP contribution in [0.2, 0.25) is 0 Å². The van der Waals surface area contributed by atoms with Gasteiger partial charge in [-0.25, -0.2) is 0 Å². The van der Waals surface area contributed by atoms with E-state index in [-0.39, 0.29) is 5.75 Å². The van der Waals surface area contributed by atoms with Crippen LogP contribution in [0.3, 0.4) is 0 Å². The van der Waals surface area contributed by atoms with Crippen molar-refractivity contribution in [3.63, 3.8) is 0 Å². The first-order valence-electron chi connectivity index (χ1n) is 2.51. The molecule has 1 N–H and O–H groups in total. The highest BCUT2D eigenvalue weighted by Gasteiger charge is 1.98. The average Bonchev–Trinajstić information content (AvgIpc) is 1.63. The van der Waals surface area contributed by atoms with Gasteiger partial charge < -0.3 is 0 Å². The second-order valence-corrected chi connectivity index (χ2v) is 3.81. The Bertz CT molecular complexity index is 161. The van der Waals surface area contributed by atoms with Crippen molar-refractivity contribution in [1.82, 2.24) is 0 Å². The molecule has 0 aliphatic rings. The van der Waals surface area contributed by atoms with Gasteiger partial charge in [-0.3, -0.25) is 4.55 Å². The molecule has 0 aromatic heterocycles. The molecule has 0 bridgehead atoms. The molecular formula is C4H10O3S3. The van der Waals surface area contributed by atoms with Crippen molar-refractivity contribution in [2.45, 2.75) is 13.3 Å². The second kappa shape index (κ2) is 7.46. The lowest BCUT2D eigenvalue weighted by molar-refractivity contribution is 0.482. The highest BCUT2D eigenvalue weighted by Crippen LogP contribution is 1.83. The molecule has 6 heteroatoms. The minimum Gasteiger partial charge on any atom is -0.286 e. The topological polar surface area (TPSA) is 54.4 Å². The first-order chi connectivity index (χ1) is 4.47. The fourth-order valence-electron chi connectivity index (χ4n) is 0.258. The monoisotopic (exact) mass is 202 g/mol. The van der Waals surface area contributed by atoms with Crippen LogP contribution in [0.15, 0.2) is 0 Å². The molecule has 62 valence electrons. The van der Waals surface area contributed by atoms with Crippen LogP contribution in [-0.2, 0) is 10.1 Å². The first-order valence-corrected chi connectivity index (χ1v) is 5.10. The van der Waals surface area contributed by atoms with Gasteiger partial charge in [0.2, 0.25) is 0 Å². The molecule has 10 heavy (non-hydrogen) atoms. The minimum absolute atomic E-state index is 0.132. The van der Waals surface area contributed by atoms with Gasteiger partial charge in [-0.2, -0.15) is 8.42 Å². The molecule has 0 spiro atoms. The van der Waals surface area contributed by atoms with Gasteiger partial charge in [-0.1, -0.05) is 19.1 Å². The largest absolute Gasteiger partial charge is 0.286 e. The summed E-state index contributed by atoms with van der Waals surface area (Å²) in [5.41, 5.74) is 0. The van der Waals surface area contributed by atoms with Gasteiger partial charge >= 0.3 is 0 Å². The van der Waals surface area contributed by atoms with Crippen LogP contribution >= 0.6 is 24.8 Å². The third-order valence-electron chi connectivity index (χ3n) is 0.462. The molecule has 0 unspecified atom stereocenters. The lowest BCUT2D eigenvalue weighted by atomic mass is 10.6. The average molecular weight is 202 g/mol. The molecule has 0 radical (unpaired) electrons. The Labute approximate surface area is 72.0 Å². The summed E-state index contributed by atoms with van der Waals surface area (Å²) >= 11 is 7.61. The number of hydrogen-bond donors (Lipinski definition) is 2. The molecule has 0 rings (SSSR count). The number of thiocarbonyl (C=S) groups is 1. The van der Waals surface area contributed by atoms with Crippen LogP contribution in [0.1, 0.15) is 13.3 Å². The third kappa shape index (κ3) is 23.8. The van der Waals surface area contributed by atoms with Crippen molar-refractivity contribution in [1.29, 1.82) is 0 Å². The Kier molecular flexibility index (Phi) is 9.68. The Morgan fingerprint density at radius 1 is 1.70 bits per heavy atom. The molecule has 0 saturated heterocycles. The zero-order valence-electron chi connectivity index (χ0n) is 5.52. The van der Waals surface area contributed by atoms with Gasteiger partial charge in [-0.05, 0) is 6.42 Å². The zero-order valence-corrected chi connectivity index (χ0v) is 8.05. The van der Waals surface area contributed by atoms with E-state index in [2.05, 4.69) is 24.8 Å². The van der Waals surface area contributed by atoms with Crippen molar-refractivity contribution in [3.8, 4) is 0 Å². The summed E-state index contributed by atoms with van der Waals surface area (Å²) in [7, 11) is -3.67. The molecule has 0 aromatic carbocycles. The van der Waals surface area contributed by atoms with Gasteiger partial charge in [-0.15, -0.1) is 12.6 Å². The summed E-state index contributed by atoms with van der Waals surface area (Å²) in [5.74, 6) is -0.132. The lowest BCUT2D eigenvalue weighted by Gasteiger charge is -1.85. The van der Waals surface area contributed by atoms with E-state index >= 15 is 0 Å². The maximum Gasteiger partial charge on any atom is 0.264 e. The molecule has 0 heterocycles. The van der Waals surface area contributed by atoms with E-state index in [1.54, 1.807) is 6.92 Å². The quantitative estimate of drug-likeness (QED) is 0.401. The van der Waals surface area contributed by atoms with Gasteiger partial charge in [0, 0.05) is 4.70 Å². The predicted octanol–water partition coefficient (Wildman–Crippen LogP) is 1.16. The summed E-state index contributed by atoms with van der Waals surface area (Å²) in [6.07, 6.45) is 0.471. The summed E-state index contributed by atoms with van der Waals surface area (Å²) in [5, 5.41) is 0. The van der Waals surface area contributed by atoms with Crippen LogP contribution in [0.4, 0.5) is 0 Å². The van der Waals surface area contributed by atoms with E-state index < -0.39 is 10.1 Å². The van der Waals surface area contributed by atoms with Gasteiger partial charge in [0.25, 0.3) is 10.1 Å². The van der Waals surface area contributed by atoms with Crippen LogP contribution in [0, 0.1) is 0 Å². The molecule has 0 aliphatic heterocycles. The van der Waals surface area contributed by atoms with Crippen LogP contribution in [0.5, 0.6) is 0 Å². The minimum atomic E-state index is -3.67. The Morgan fingerprint density at radius 2 is 2.00 bits per heavy atom. The molecule has 0 fully saturated rings. The number of rotatable bonds is 2. The molecular weight excluding hydrogens is 192 g/mol. The fraction of sp³-hybridized carbons (Fsp3) is 0.750. The molecule has 3 nitrogen and oxygen atoms in total.